The number of hydrazone groups is 1. The standard InChI is InChI=1S/C3H6N4/c4-3-1-2-5-7-6-3/h1-2,5,7H,(H2,4,6). The van der Waals surface area contributed by atoms with Gasteiger partial charge in [0.05, 0.1) is 0 Å². The van der Waals surface area contributed by atoms with Crippen LogP contribution in [-0.4, -0.2) is 5.84 Å². The van der Waals surface area contributed by atoms with Crippen molar-refractivity contribution in [3.8, 4) is 0 Å². The molecule has 38 valence electrons. The Hall–Kier alpha value is -1.19. The van der Waals surface area contributed by atoms with Gasteiger partial charge in [0.25, 0.3) is 0 Å². The zero-order valence-electron chi connectivity index (χ0n) is 3.68. The van der Waals surface area contributed by atoms with E-state index in [1.807, 2.05) is 0 Å². The van der Waals surface area contributed by atoms with Gasteiger partial charge in [0.2, 0.25) is 0 Å². The summed E-state index contributed by atoms with van der Waals surface area (Å²) in [7, 11) is 0. The highest BCUT2D eigenvalue weighted by molar-refractivity contribution is 5.91. The molecule has 0 radical (unpaired) electrons. The van der Waals surface area contributed by atoms with E-state index in [-0.39, 0.29) is 0 Å². The molecule has 0 unspecified atom stereocenters. The lowest BCUT2D eigenvalue weighted by atomic mass is 10.6. The summed E-state index contributed by atoms with van der Waals surface area (Å²) in [4.78, 5) is 0. The third-order valence-electron chi connectivity index (χ3n) is 0.587. The third kappa shape index (κ3) is 0.819. The smallest absolute Gasteiger partial charge is 0.146 e. The van der Waals surface area contributed by atoms with Gasteiger partial charge in [-0.1, -0.05) is 0 Å². The predicted octanol–water partition coefficient (Wildman–Crippen LogP) is -1.12. The summed E-state index contributed by atoms with van der Waals surface area (Å²) in [6.45, 7) is 0. The summed E-state index contributed by atoms with van der Waals surface area (Å²) in [5, 5.41) is 3.58. The molecule has 0 aromatic carbocycles. The second-order valence-corrected chi connectivity index (χ2v) is 1.13. The molecule has 4 heteroatoms. The van der Waals surface area contributed by atoms with Crippen LogP contribution in [0, 0.1) is 0 Å². The van der Waals surface area contributed by atoms with E-state index >= 15 is 0 Å². The van der Waals surface area contributed by atoms with Gasteiger partial charge >= 0.3 is 0 Å². The van der Waals surface area contributed by atoms with Crippen molar-refractivity contribution >= 4 is 5.84 Å². The van der Waals surface area contributed by atoms with Gasteiger partial charge in [-0.15, -0.1) is 5.10 Å². The van der Waals surface area contributed by atoms with E-state index in [9.17, 15) is 0 Å². The summed E-state index contributed by atoms with van der Waals surface area (Å²) >= 11 is 0. The molecule has 0 saturated heterocycles. The van der Waals surface area contributed by atoms with E-state index in [1.54, 1.807) is 12.3 Å². The van der Waals surface area contributed by atoms with Crippen molar-refractivity contribution in [3.05, 3.63) is 12.3 Å². The van der Waals surface area contributed by atoms with Gasteiger partial charge < -0.3 is 5.73 Å². The van der Waals surface area contributed by atoms with Gasteiger partial charge in [-0.25, -0.2) is 5.53 Å². The average molecular weight is 98.1 g/mol. The van der Waals surface area contributed by atoms with E-state index in [4.69, 9.17) is 5.73 Å². The average Bonchev–Trinajstić information content (AvgIpc) is 1.69. The molecule has 4 N–H and O–H groups in total. The molecule has 0 aromatic heterocycles. The molecular weight excluding hydrogens is 92.1 g/mol. The Morgan fingerprint density at radius 3 is 2.86 bits per heavy atom. The Morgan fingerprint density at radius 1 is 1.71 bits per heavy atom. The highest BCUT2D eigenvalue weighted by Gasteiger charge is 1.84. The first kappa shape index (κ1) is 3.98. The highest BCUT2D eigenvalue weighted by atomic mass is 15.6. The molecule has 0 spiro atoms. The zero-order chi connectivity index (χ0) is 5.11. The first-order chi connectivity index (χ1) is 3.39. The second kappa shape index (κ2) is 1.51. The van der Waals surface area contributed by atoms with Crippen LogP contribution in [0.2, 0.25) is 0 Å². The second-order valence-electron chi connectivity index (χ2n) is 1.13. The van der Waals surface area contributed by atoms with Gasteiger partial charge in [-0.2, -0.15) is 0 Å². The third-order valence-corrected chi connectivity index (χ3v) is 0.587. The van der Waals surface area contributed by atoms with Crippen LogP contribution in [-0.2, 0) is 0 Å². The van der Waals surface area contributed by atoms with E-state index in [0.29, 0.717) is 5.84 Å². The van der Waals surface area contributed by atoms with Crippen LogP contribution in [0.4, 0.5) is 0 Å². The molecule has 7 heavy (non-hydrogen) atoms. The van der Waals surface area contributed by atoms with Crippen molar-refractivity contribution in [2.75, 3.05) is 0 Å². The first-order valence-electron chi connectivity index (χ1n) is 1.90. The van der Waals surface area contributed by atoms with Crippen molar-refractivity contribution in [2.24, 2.45) is 10.8 Å². The quantitative estimate of drug-likeness (QED) is 0.359. The molecule has 0 amide bonds. The summed E-state index contributed by atoms with van der Waals surface area (Å²) in [6, 6.07) is 0. The number of hydrogen-bond acceptors (Lipinski definition) is 4. The largest absolute Gasteiger partial charge is 0.382 e. The van der Waals surface area contributed by atoms with Crippen molar-refractivity contribution in [2.45, 2.75) is 0 Å². The monoisotopic (exact) mass is 98.1 g/mol. The van der Waals surface area contributed by atoms with Gasteiger partial charge in [-0.05, 0) is 6.08 Å². The van der Waals surface area contributed by atoms with E-state index in [1.165, 1.54) is 0 Å². The summed E-state index contributed by atoms with van der Waals surface area (Å²) in [5.41, 5.74) is 10.3. The van der Waals surface area contributed by atoms with Crippen LogP contribution in [0.15, 0.2) is 17.4 Å². The minimum atomic E-state index is 0.485. The Bertz CT molecular complexity index is 114. The maximum Gasteiger partial charge on any atom is 0.146 e. The molecular formula is C3H6N4. The number of nitrogens with one attached hydrogen (secondary N) is 2. The van der Waals surface area contributed by atoms with Crippen LogP contribution in [0.1, 0.15) is 0 Å². The van der Waals surface area contributed by atoms with Crippen molar-refractivity contribution in [1.29, 1.82) is 0 Å². The predicted molar refractivity (Wildman–Crippen MR) is 27.0 cm³/mol. The Morgan fingerprint density at radius 2 is 2.57 bits per heavy atom. The van der Waals surface area contributed by atoms with Crippen LogP contribution in [0.3, 0.4) is 0 Å². The van der Waals surface area contributed by atoms with E-state index in [0.717, 1.165) is 0 Å². The maximum absolute atomic E-state index is 5.20. The molecule has 1 rings (SSSR count). The molecule has 1 aliphatic heterocycles. The fraction of sp³-hybridized carbons (Fsp3) is 0. The molecule has 0 bridgehead atoms. The zero-order valence-corrected chi connectivity index (χ0v) is 3.68. The van der Waals surface area contributed by atoms with Crippen LogP contribution in [0.5, 0.6) is 0 Å². The molecule has 0 atom stereocenters. The lowest BCUT2D eigenvalue weighted by Gasteiger charge is -2.02. The minimum absolute atomic E-state index is 0.485. The fourth-order valence-electron chi connectivity index (χ4n) is 0.298. The summed E-state index contributed by atoms with van der Waals surface area (Å²) < 4.78 is 0. The summed E-state index contributed by atoms with van der Waals surface area (Å²) in [6.07, 6.45) is 3.33. The van der Waals surface area contributed by atoms with Crippen LogP contribution < -0.4 is 16.7 Å². The Balaban J connectivity index is 2.58. The number of hydrazine groups is 1. The van der Waals surface area contributed by atoms with Crippen molar-refractivity contribution in [1.82, 2.24) is 11.0 Å². The lowest BCUT2D eigenvalue weighted by molar-refractivity contribution is 0.658. The van der Waals surface area contributed by atoms with Gasteiger partial charge in [0.15, 0.2) is 0 Å². The number of rotatable bonds is 0. The number of nitrogens with zero attached hydrogens (tertiary/aromatic N) is 1. The van der Waals surface area contributed by atoms with Crippen LogP contribution in [0.25, 0.3) is 0 Å². The first-order valence-corrected chi connectivity index (χ1v) is 1.90. The number of amidine groups is 1. The van der Waals surface area contributed by atoms with Crippen molar-refractivity contribution < 1.29 is 0 Å². The molecule has 0 aliphatic carbocycles. The molecule has 1 heterocycles. The maximum atomic E-state index is 5.20. The van der Waals surface area contributed by atoms with Crippen LogP contribution >= 0.6 is 0 Å². The van der Waals surface area contributed by atoms with E-state index < -0.39 is 0 Å². The fourth-order valence-corrected chi connectivity index (χ4v) is 0.298. The SMILES string of the molecule is NC1=NNNC=C1. The normalized spacial score (nSPS) is 16.9. The Labute approximate surface area is 41.0 Å². The lowest BCUT2D eigenvalue weighted by Crippen LogP contribution is -2.29. The summed E-state index contributed by atoms with van der Waals surface area (Å²) in [5.74, 6) is 0.485. The minimum Gasteiger partial charge on any atom is -0.382 e. The molecule has 4 nitrogen and oxygen atoms in total. The number of hydrogen-bond donors (Lipinski definition) is 3. The molecule has 1 aliphatic rings. The molecule has 0 aromatic rings. The van der Waals surface area contributed by atoms with Gasteiger partial charge in [-0.3, -0.25) is 5.43 Å². The molecule has 0 saturated carbocycles. The number of nitrogens with two attached hydrogens (primary N) is 1. The van der Waals surface area contributed by atoms with Gasteiger partial charge in [0, 0.05) is 6.20 Å². The van der Waals surface area contributed by atoms with Crippen molar-refractivity contribution in [3.63, 3.8) is 0 Å². The topological polar surface area (TPSA) is 62.4 Å². The highest BCUT2D eigenvalue weighted by Crippen LogP contribution is 1.72. The Kier molecular flexibility index (Phi) is 0.856. The van der Waals surface area contributed by atoms with Gasteiger partial charge in [0.1, 0.15) is 5.84 Å². The molecule has 0 fully saturated rings. The van der Waals surface area contributed by atoms with E-state index in [2.05, 4.69) is 16.1 Å².